The van der Waals surface area contributed by atoms with Crippen LogP contribution in [0.4, 0.5) is 0 Å². The molecule has 2 aliphatic rings. The largest absolute Gasteiger partial charge is 0.300 e. The molecule has 0 N–H and O–H groups in total. The minimum absolute atomic E-state index is 0.0532. The molecule has 0 aromatic carbocycles. The van der Waals surface area contributed by atoms with Crippen molar-refractivity contribution in [2.24, 2.45) is 17.8 Å². The van der Waals surface area contributed by atoms with E-state index < -0.39 is 0 Å². The summed E-state index contributed by atoms with van der Waals surface area (Å²) in [5.74, 6) is 1.87. The molecule has 3 atom stereocenters. The van der Waals surface area contributed by atoms with E-state index in [0.717, 1.165) is 43.7 Å². The summed E-state index contributed by atoms with van der Waals surface area (Å²) in [5, 5.41) is 0.932. The molecule has 0 amide bonds. The number of ketones is 3. The van der Waals surface area contributed by atoms with Gasteiger partial charge in [0.25, 0.3) is 0 Å². The van der Waals surface area contributed by atoms with E-state index in [1.807, 2.05) is 0 Å². The van der Waals surface area contributed by atoms with Crippen LogP contribution < -0.4 is 0 Å². The molecule has 2 fully saturated rings. The zero-order valence-corrected chi connectivity index (χ0v) is 28.5. The highest BCUT2D eigenvalue weighted by molar-refractivity contribution is 9.14. The fourth-order valence-electron chi connectivity index (χ4n) is 4.02. The van der Waals surface area contributed by atoms with Crippen LogP contribution in [0.25, 0.3) is 0 Å². The van der Waals surface area contributed by atoms with E-state index in [1.54, 1.807) is 36.5 Å². The molecule has 2 aromatic heterocycles. The Morgan fingerprint density at radius 2 is 1.44 bits per heavy atom. The maximum atomic E-state index is 11.3. The number of rotatable bonds is 5. The van der Waals surface area contributed by atoms with Crippen LogP contribution >= 0.6 is 102 Å². The maximum absolute atomic E-state index is 11.3. The van der Waals surface area contributed by atoms with E-state index >= 15 is 0 Å². The fourth-order valence-corrected chi connectivity index (χ4v) is 8.85. The van der Waals surface area contributed by atoms with Crippen LogP contribution in [0.2, 0.25) is 0 Å². The van der Waals surface area contributed by atoms with Gasteiger partial charge in [-0.05, 0) is 128 Å². The minimum atomic E-state index is 0.0532. The summed E-state index contributed by atoms with van der Waals surface area (Å²) in [5.41, 5.74) is 0. The number of halogens is 5. The normalized spacial score (nSPS) is 21.5. The van der Waals surface area contributed by atoms with Gasteiger partial charge in [-0.15, -0.1) is 22.7 Å². The first-order valence-electron chi connectivity index (χ1n) is 11.0. The van der Waals surface area contributed by atoms with Gasteiger partial charge >= 0.3 is 0 Å². The lowest BCUT2D eigenvalue weighted by Gasteiger charge is -2.07. The summed E-state index contributed by atoms with van der Waals surface area (Å²) in [4.78, 5) is 35.3. The third kappa shape index (κ3) is 10.3. The van der Waals surface area contributed by atoms with Gasteiger partial charge in [0.15, 0.2) is 0 Å². The van der Waals surface area contributed by atoms with Gasteiger partial charge in [-0.1, -0.05) is 15.9 Å². The smallest absolute Gasteiger partial charge is 0.133 e. The Morgan fingerprint density at radius 3 is 1.76 bits per heavy atom. The molecule has 2 aromatic rings. The molecular formula is C24H27Br5O3S2. The third-order valence-electron chi connectivity index (χ3n) is 5.95. The van der Waals surface area contributed by atoms with Gasteiger partial charge < -0.3 is 0 Å². The second kappa shape index (κ2) is 15.3. The Morgan fingerprint density at radius 1 is 0.882 bits per heavy atom. The van der Waals surface area contributed by atoms with Crippen LogP contribution in [-0.2, 0) is 26.1 Å². The Balaban J connectivity index is 0.000000194. The number of hydrogen-bond acceptors (Lipinski definition) is 5. The standard InChI is InChI=1S/C12H14Br2OS.C7H10O2.C5H3Br3S/c1-7(15)9-3-2-8(4-9)5-10-6-11(13)12(14)16-10;1-5(8)6-2-3-7(9)4-6;6-2-3-1-4(7)5(8)9-3/h6,8-9H,2-5H2,1H3;6H,2-4H2,1H3;1H,2H2/t8-,9-;6-;/m10./s1. The molecule has 0 bridgehead atoms. The summed E-state index contributed by atoms with van der Waals surface area (Å²) < 4.78 is 4.62. The minimum Gasteiger partial charge on any atom is -0.300 e. The van der Waals surface area contributed by atoms with E-state index in [4.69, 9.17) is 0 Å². The van der Waals surface area contributed by atoms with E-state index in [2.05, 4.69) is 91.8 Å². The van der Waals surface area contributed by atoms with E-state index in [1.165, 1.54) is 20.0 Å². The summed E-state index contributed by atoms with van der Waals surface area (Å²) in [6.45, 7) is 3.29. The van der Waals surface area contributed by atoms with Crippen molar-refractivity contribution in [3.8, 4) is 0 Å². The van der Waals surface area contributed by atoms with Crippen LogP contribution in [0.3, 0.4) is 0 Å². The van der Waals surface area contributed by atoms with E-state index in [-0.39, 0.29) is 17.5 Å². The molecule has 0 spiro atoms. The van der Waals surface area contributed by atoms with E-state index in [0.29, 0.717) is 30.5 Å². The number of alkyl halides is 1. The summed E-state index contributed by atoms with van der Waals surface area (Å²) in [6, 6.07) is 4.29. The lowest BCUT2D eigenvalue weighted by atomic mass is 9.99. The lowest BCUT2D eigenvalue weighted by Crippen LogP contribution is -2.07. The van der Waals surface area contributed by atoms with E-state index in [9.17, 15) is 14.4 Å². The number of carbonyl (C=O) groups is 3. The Hall–Kier alpha value is 0.810. The number of carbonyl (C=O) groups excluding carboxylic acids is 3. The van der Waals surface area contributed by atoms with Crippen LogP contribution in [0.1, 0.15) is 62.1 Å². The molecule has 34 heavy (non-hydrogen) atoms. The molecule has 188 valence electrons. The molecule has 2 aliphatic carbocycles. The average molecular weight is 827 g/mol. The average Bonchev–Trinajstić information content (AvgIpc) is 3.54. The highest BCUT2D eigenvalue weighted by Crippen LogP contribution is 2.38. The molecule has 2 saturated carbocycles. The quantitative estimate of drug-likeness (QED) is 0.282. The highest BCUT2D eigenvalue weighted by Gasteiger charge is 2.28. The zero-order valence-electron chi connectivity index (χ0n) is 19.0. The Labute approximate surface area is 251 Å². The van der Waals surface area contributed by atoms with Crippen molar-refractivity contribution in [3.05, 3.63) is 38.4 Å². The van der Waals surface area contributed by atoms with Gasteiger partial charge in [-0.3, -0.25) is 14.4 Å². The van der Waals surface area contributed by atoms with Gasteiger partial charge in [0.2, 0.25) is 0 Å². The summed E-state index contributed by atoms with van der Waals surface area (Å²) in [6.07, 6.45) is 6.40. The van der Waals surface area contributed by atoms with Crippen LogP contribution in [0, 0.1) is 17.8 Å². The molecule has 4 rings (SSSR count). The van der Waals surface area contributed by atoms with Gasteiger partial charge in [0.1, 0.15) is 17.3 Å². The molecule has 0 radical (unpaired) electrons. The first-order chi connectivity index (χ1) is 16.0. The van der Waals surface area contributed by atoms with Gasteiger partial charge in [-0.25, -0.2) is 0 Å². The molecule has 10 heteroatoms. The van der Waals surface area contributed by atoms with Gasteiger partial charge in [0, 0.05) is 48.7 Å². The molecule has 0 saturated heterocycles. The number of hydrogen-bond donors (Lipinski definition) is 0. The van der Waals surface area contributed by atoms with Crippen molar-refractivity contribution < 1.29 is 14.4 Å². The van der Waals surface area contributed by atoms with Crippen LogP contribution in [0.15, 0.2) is 28.7 Å². The number of Topliss-reactive ketones (excluding diaryl/α,β-unsaturated/α-hetero) is 3. The maximum Gasteiger partial charge on any atom is 0.133 e. The van der Waals surface area contributed by atoms with Crippen molar-refractivity contribution in [1.29, 1.82) is 0 Å². The number of thiophene rings is 2. The summed E-state index contributed by atoms with van der Waals surface area (Å²) in [7, 11) is 0. The Kier molecular flexibility index (Phi) is 13.9. The third-order valence-corrected chi connectivity index (χ3v) is 13.5. The van der Waals surface area contributed by atoms with Crippen molar-refractivity contribution in [2.75, 3.05) is 0 Å². The van der Waals surface area contributed by atoms with Gasteiger partial charge in [-0.2, -0.15) is 0 Å². The monoisotopic (exact) mass is 822 g/mol. The highest BCUT2D eigenvalue weighted by atomic mass is 79.9. The first kappa shape index (κ1) is 31.0. The SMILES string of the molecule is BrCc1cc(Br)c(Br)s1.CC(=O)[C@@H]1CC[C@@H](Cc2cc(Br)c(Br)s2)C1.CC(=O)[C@H]1CCC(=O)C1. The molecular weight excluding hydrogens is 800 g/mol. The Bertz CT molecular complexity index is 962. The summed E-state index contributed by atoms with van der Waals surface area (Å²) >= 11 is 20.7. The second-order valence-corrected chi connectivity index (χ2v) is 15.8. The van der Waals surface area contributed by atoms with Crippen LogP contribution in [-0.4, -0.2) is 17.3 Å². The van der Waals surface area contributed by atoms with Crippen LogP contribution in [0.5, 0.6) is 0 Å². The topological polar surface area (TPSA) is 51.2 Å². The molecule has 2 heterocycles. The van der Waals surface area contributed by atoms with Crippen molar-refractivity contribution in [1.82, 2.24) is 0 Å². The second-order valence-electron chi connectivity index (χ2n) is 8.58. The first-order valence-corrected chi connectivity index (χ1v) is 16.9. The zero-order chi connectivity index (χ0) is 25.4. The fraction of sp³-hybridized carbons (Fsp3) is 0.542. The predicted molar refractivity (Wildman–Crippen MR) is 160 cm³/mol. The molecule has 3 nitrogen and oxygen atoms in total. The molecule has 0 unspecified atom stereocenters. The lowest BCUT2D eigenvalue weighted by molar-refractivity contribution is -0.123. The van der Waals surface area contributed by atoms with Crippen molar-refractivity contribution >= 4 is 120 Å². The molecule has 0 aliphatic heterocycles. The van der Waals surface area contributed by atoms with Crippen molar-refractivity contribution in [3.63, 3.8) is 0 Å². The predicted octanol–water partition coefficient (Wildman–Crippen LogP) is 9.93. The van der Waals surface area contributed by atoms with Gasteiger partial charge in [0.05, 0.1) is 7.57 Å². The van der Waals surface area contributed by atoms with Crippen molar-refractivity contribution in [2.45, 2.75) is 64.1 Å².